The molecule has 0 amide bonds. The Hall–Kier alpha value is -2.07. The molecule has 1 atom stereocenters. The van der Waals surface area contributed by atoms with E-state index in [0.717, 1.165) is 16.5 Å². The summed E-state index contributed by atoms with van der Waals surface area (Å²) in [5, 5.41) is 1.77. The van der Waals surface area contributed by atoms with E-state index in [1.165, 1.54) is 0 Å². The Morgan fingerprint density at radius 2 is 1.90 bits per heavy atom. The predicted molar refractivity (Wildman–Crippen MR) is 80.7 cm³/mol. The largest absolute Gasteiger partial charge is 0.497 e. The van der Waals surface area contributed by atoms with Crippen LogP contribution < -0.4 is 4.74 Å². The van der Waals surface area contributed by atoms with Crippen molar-refractivity contribution in [3.8, 4) is 5.75 Å². The molecule has 0 heterocycles. The third-order valence-electron chi connectivity index (χ3n) is 3.20. The summed E-state index contributed by atoms with van der Waals surface area (Å²) in [6.07, 6.45) is 0.400. The number of rotatable bonds is 5. The summed E-state index contributed by atoms with van der Waals surface area (Å²) in [5.74, 6) is -0.0392. The summed E-state index contributed by atoms with van der Waals surface area (Å²) < 4.78 is 10.0. The number of esters is 1. The summed E-state index contributed by atoms with van der Waals surface area (Å²) in [6, 6.07) is 10.6. The van der Waals surface area contributed by atoms with E-state index >= 15 is 0 Å². The number of hydrogen-bond acceptors (Lipinski definition) is 4. The van der Waals surface area contributed by atoms with E-state index in [9.17, 15) is 9.59 Å². The number of hydrogen-bond donors (Lipinski definition) is 0. The molecule has 2 rings (SSSR count). The van der Waals surface area contributed by atoms with Crippen LogP contribution in [0.15, 0.2) is 36.4 Å². The molecular formula is C16H15ClO4. The van der Waals surface area contributed by atoms with Gasteiger partial charge in [0, 0.05) is 0 Å². The average Bonchev–Trinajstić information content (AvgIpc) is 2.53. The van der Waals surface area contributed by atoms with Crippen LogP contribution in [0.25, 0.3) is 10.8 Å². The molecule has 0 bridgehead atoms. The van der Waals surface area contributed by atoms with Gasteiger partial charge in [0.1, 0.15) is 5.75 Å². The fraction of sp³-hybridized carbons (Fsp3) is 0.250. The molecule has 2 aromatic rings. The second-order valence-corrected chi connectivity index (χ2v) is 5.07. The summed E-state index contributed by atoms with van der Waals surface area (Å²) in [6.45, 7) is 1.82. The summed E-state index contributed by atoms with van der Waals surface area (Å²) in [4.78, 5) is 21.4. The van der Waals surface area contributed by atoms with Crippen molar-refractivity contribution in [1.29, 1.82) is 0 Å². The minimum Gasteiger partial charge on any atom is -0.497 e. The first kappa shape index (κ1) is 15.3. The van der Waals surface area contributed by atoms with Crippen LogP contribution in [0.5, 0.6) is 5.75 Å². The lowest BCUT2D eigenvalue weighted by molar-refractivity contribution is -0.147. The summed E-state index contributed by atoms with van der Waals surface area (Å²) in [5.41, 5.74) is 0.385. The van der Waals surface area contributed by atoms with Gasteiger partial charge in [0.05, 0.1) is 13.7 Å². The number of alkyl halides is 1. The molecule has 0 saturated carbocycles. The average molecular weight is 307 g/mol. The second kappa shape index (κ2) is 6.14. The van der Waals surface area contributed by atoms with Crippen molar-refractivity contribution in [2.24, 2.45) is 0 Å². The molecule has 110 valence electrons. The predicted octanol–water partition coefficient (Wildman–Crippen LogP) is 3.04. The van der Waals surface area contributed by atoms with E-state index in [2.05, 4.69) is 0 Å². The van der Waals surface area contributed by atoms with Gasteiger partial charge in [-0.1, -0.05) is 29.8 Å². The molecule has 0 saturated heterocycles. The first-order valence-electron chi connectivity index (χ1n) is 6.46. The highest BCUT2D eigenvalue weighted by Gasteiger charge is 2.39. The standard InChI is InChI=1S/C16H15ClO4/c1-3-21-15(19)16(17,10-18)13-6-4-12-9-14(20-2)7-5-11(12)8-13/h4-10H,3H2,1-2H3. The molecule has 21 heavy (non-hydrogen) atoms. The molecule has 4 nitrogen and oxygen atoms in total. The molecule has 5 heteroatoms. The van der Waals surface area contributed by atoms with Gasteiger partial charge in [0.25, 0.3) is 0 Å². The van der Waals surface area contributed by atoms with Crippen molar-refractivity contribution < 1.29 is 19.1 Å². The Kier molecular flexibility index (Phi) is 4.48. The molecule has 0 aliphatic carbocycles. The molecule has 1 unspecified atom stereocenters. The van der Waals surface area contributed by atoms with Gasteiger partial charge in [0.15, 0.2) is 6.29 Å². The molecule has 0 N–H and O–H groups in total. The van der Waals surface area contributed by atoms with Gasteiger partial charge in [-0.05, 0) is 41.5 Å². The number of halogens is 1. The van der Waals surface area contributed by atoms with Crippen molar-refractivity contribution in [1.82, 2.24) is 0 Å². The Bertz CT molecular complexity index is 683. The lowest BCUT2D eigenvalue weighted by atomic mass is 9.96. The fourth-order valence-corrected chi connectivity index (χ4v) is 2.22. The Labute approximate surface area is 127 Å². The van der Waals surface area contributed by atoms with Crippen molar-refractivity contribution in [3.63, 3.8) is 0 Å². The van der Waals surface area contributed by atoms with Gasteiger partial charge in [0.2, 0.25) is 4.87 Å². The maximum absolute atomic E-state index is 11.9. The third-order valence-corrected chi connectivity index (χ3v) is 3.66. The van der Waals surface area contributed by atoms with E-state index in [1.54, 1.807) is 38.3 Å². The molecule has 0 radical (unpaired) electrons. The van der Waals surface area contributed by atoms with Crippen LogP contribution in [0.3, 0.4) is 0 Å². The van der Waals surface area contributed by atoms with Crippen molar-refractivity contribution in [2.75, 3.05) is 13.7 Å². The Balaban J connectivity index is 2.50. The first-order valence-corrected chi connectivity index (χ1v) is 6.83. The minimum absolute atomic E-state index is 0.159. The number of benzene rings is 2. The Morgan fingerprint density at radius 1 is 1.24 bits per heavy atom. The highest BCUT2D eigenvalue weighted by atomic mass is 35.5. The van der Waals surface area contributed by atoms with E-state index in [0.29, 0.717) is 11.8 Å². The SMILES string of the molecule is CCOC(=O)C(Cl)(C=O)c1ccc2cc(OC)ccc2c1. The highest BCUT2D eigenvalue weighted by Crippen LogP contribution is 2.32. The highest BCUT2D eigenvalue weighted by molar-refractivity contribution is 6.42. The van der Waals surface area contributed by atoms with E-state index in [4.69, 9.17) is 21.1 Å². The van der Waals surface area contributed by atoms with Crippen LogP contribution in [0.4, 0.5) is 0 Å². The monoisotopic (exact) mass is 306 g/mol. The second-order valence-electron chi connectivity index (χ2n) is 4.48. The van der Waals surface area contributed by atoms with Gasteiger partial charge >= 0.3 is 5.97 Å². The zero-order valence-electron chi connectivity index (χ0n) is 11.8. The van der Waals surface area contributed by atoms with Crippen molar-refractivity contribution >= 4 is 34.6 Å². The number of aldehydes is 1. The van der Waals surface area contributed by atoms with Crippen LogP contribution >= 0.6 is 11.6 Å². The molecule has 0 aliphatic heterocycles. The zero-order valence-corrected chi connectivity index (χ0v) is 12.5. The third kappa shape index (κ3) is 2.85. The fourth-order valence-electron chi connectivity index (χ4n) is 2.05. The summed E-state index contributed by atoms with van der Waals surface area (Å²) >= 11 is 6.17. The van der Waals surface area contributed by atoms with E-state index in [-0.39, 0.29) is 6.61 Å². The van der Waals surface area contributed by atoms with Crippen LogP contribution in [0.1, 0.15) is 12.5 Å². The van der Waals surface area contributed by atoms with Gasteiger partial charge in [-0.15, -0.1) is 0 Å². The lowest BCUT2D eigenvalue weighted by Crippen LogP contribution is -2.33. The number of fused-ring (bicyclic) bond motifs is 1. The first-order chi connectivity index (χ1) is 10.0. The number of carbonyl (C=O) groups excluding carboxylic acids is 2. The molecule has 0 spiro atoms. The van der Waals surface area contributed by atoms with Crippen molar-refractivity contribution in [2.45, 2.75) is 11.8 Å². The molecule has 0 aromatic heterocycles. The normalized spacial score (nSPS) is 13.5. The van der Waals surface area contributed by atoms with Crippen LogP contribution in [0, 0.1) is 0 Å². The molecule has 2 aromatic carbocycles. The van der Waals surface area contributed by atoms with Gasteiger partial charge in [-0.25, -0.2) is 4.79 Å². The summed E-state index contributed by atoms with van der Waals surface area (Å²) in [7, 11) is 1.59. The van der Waals surface area contributed by atoms with Gasteiger partial charge < -0.3 is 14.3 Å². The zero-order chi connectivity index (χ0) is 15.5. The number of methoxy groups -OCH3 is 1. The van der Waals surface area contributed by atoms with Gasteiger partial charge in [-0.2, -0.15) is 0 Å². The molecule has 0 fully saturated rings. The van der Waals surface area contributed by atoms with Gasteiger partial charge in [-0.3, -0.25) is 0 Å². The van der Waals surface area contributed by atoms with Crippen molar-refractivity contribution in [3.05, 3.63) is 42.0 Å². The van der Waals surface area contributed by atoms with Crippen LogP contribution in [-0.4, -0.2) is 26.0 Å². The lowest BCUT2D eigenvalue weighted by Gasteiger charge is -2.19. The maximum atomic E-state index is 11.9. The molecule has 0 aliphatic rings. The smallest absolute Gasteiger partial charge is 0.339 e. The van der Waals surface area contributed by atoms with Crippen LogP contribution in [0.2, 0.25) is 0 Å². The maximum Gasteiger partial charge on any atom is 0.339 e. The van der Waals surface area contributed by atoms with E-state index in [1.807, 2.05) is 12.1 Å². The minimum atomic E-state index is -1.82. The number of carbonyl (C=O) groups is 2. The van der Waals surface area contributed by atoms with Crippen LogP contribution in [-0.2, 0) is 19.2 Å². The Morgan fingerprint density at radius 3 is 2.52 bits per heavy atom. The number of ether oxygens (including phenoxy) is 2. The quantitative estimate of drug-likeness (QED) is 0.369. The molecular weight excluding hydrogens is 292 g/mol. The van der Waals surface area contributed by atoms with E-state index < -0.39 is 10.8 Å². The topological polar surface area (TPSA) is 52.6 Å².